The Morgan fingerprint density at radius 3 is 2.61 bits per heavy atom. The normalized spacial score (nSPS) is 27.2. The number of rotatable bonds is 3. The highest BCUT2D eigenvalue weighted by atomic mass is 19.1. The zero-order valence-corrected chi connectivity index (χ0v) is 11.2. The van der Waals surface area contributed by atoms with Gasteiger partial charge in [-0.05, 0) is 24.7 Å². The van der Waals surface area contributed by atoms with Crippen LogP contribution in [-0.2, 0) is 0 Å². The molecule has 0 radical (unpaired) electrons. The number of nitrogens with two attached hydrogens (primary N) is 1. The monoisotopic (exact) mass is 252 g/mol. The first-order valence-corrected chi connectivity index (χ1v) is 6.42. The Balaban J connectivity index is 2.19. The van der Waals surface area contributed by atoms with Crippen LogP contribution in [0.3, 0.4) is 0 Å². The molecule has 0 bridgehead atoms. The Morgan fingerprint density at radius 2 is 2.06 bits per heavy atom. The lowest BCUT2D eigenvalue weighted by Crippen LogP contribution is -2.24. The van der Waals surface area contributed by atoms with Crippen molar-refractivity contribution >= 4 is 11.4 Å². The number of hydrogen-bond donors (Lipinski definition) is 2. The van der Waals surface area contributed by atoms with Crippen LogP contribution >= 0.6 is 0 Å². The number of halogens is 1. The number of anilines is 2. The van der Waals surface area contributed by atoms with E-state index in [9.17, 15) is 4.39 Å². The fraction of sp³-hybridized carbons (Fsp3) is 0.571. The van der Waals surface area contributed by atoms with Gasteiger partial charge in [-0.2, -0.15) is 0 Å². The predicted octanol–water partition coefficient (Wildman–Crippen LogP) is 3.26. The summed E-state index contributed by atoms with van der Waals surface area (Å²) in [7, 11) is 1.46. The molecule has 3 N–H and O–H groups in total. The van der Waals surface area contributed by atoms with E-state index in [0.717, 1.165) is 12.1 Å². The molecule has 4 heteroatoms. The fourth-order valence-corrected chi connectivity index (χ4v) is 2.62. The van der Waals surface area contributed by atoms with Gasteiger partial charge in [-0.15, -0.1) is 0 Å². The number of nitrogen functional groups attached to an aromatic ring is 1. The second-order valence-corrected chi connectivity index (χ2v) is 5.24. The van der Waals surface area contributed by atoms with E-state index in [-0.39, 0.29) is 5.75 Å². The molecule has 0 aromatic heterocycles. The van der Waals surface area contributed by atoms with Crippen LogP contribution in [0.2, 0.25) is 0 Å². The number of methoxy groups -OCH3 is 1. The van der Waals surface area contributed by atoms with Gasteiger partial charge in [0.05, 0.1) is 18.5 Å². The molecule has 3 nitrogen and oxygen atoms in total. The van der Waals surface area contributed by atoms with Crippen LogP contribution in [0.5, 0.6) is 5.75 Å². The second-order valence-electron chi connectivity index (χ2n) is 5.24. The van der Waals surface area contributed by atoms with E-state index in [4.69, 9.17) is 10.5 Å². The van der Waals surface area contributed by atoms with Crippen molar-refractivity contribution < 1.29 is 9.13 Å². The Kier molecular flexibility index (Phi) is 3.64. The van der Waals surface area contributed by atoms with Crippen molar-refractivity contribution in [3.05, 3.63) is 17.9 Å². The lowest BCUT2D eigenvalue weighted by Gasteiger charge is -2.22. The van der Waals surface area contributed by atoms with E-state index in [2.05, 4.69) is 19.2 Å². The molecule has 1 fully saturated rings. The first kappa shape index (κ1) is 13.0. The lowest BCUT2D eigenvalue weighted by atomic mass is 9.97. The largest absolute Gasteiger partial charge is 0.494 e. The molecule has 1 aliphatic rings. The number of nitrogens with one attached hydrogen (secondary N) is 1. The van der Waals surface area contributed by atoms with Crippen molar-refractivity contribution in [2.24, 2.45) is 11.8 Å². The molecule has 1 saturated carbocycles. The first-order chi connectivity index (χ1) is 8.52. The van der Waals surface area contributed by atoms with Crippen molar-refractivity contribution in [1.82, 2.24) is 0 Å². The molecule has 0 amide bonds. The Hall–Kier alpha value is -1.45. The zero-order valence-electron chi connectivity index (χ0n) is 11.2. The summed E-state index contributed by atoms with van der Waals surface area (Å²) in [6.45, 7) is 4.51. The summed E-state index contributed by atoms with van der Waals surface area (Å²) in [4.78, 5) is 0. The molecule has 1 aromatic carbocycles. The maximum absolute atomic E-state index is 13.5. The van der Waals surface area contributed by atoms with Crippen molar-refractivity contribution in [3.63, 3.8) is 0 Å². The van der Waals surface area contributed by atoms with Crippen molar-refractivity contribution in [3.8, 4) is 5.75 Å². The Labute approximate surface area is 108 Å². The molecule has 3 atom stereocenters. The number of hydrogen-bond acceptors (Lipinski definition) is 3. The van der Waals surface area contributed by atoms with Gasteiger partial charge in [-0.1, -0.05) is 13.8 Å². The SMILES string of the molecule is COc1cc(NC2CCC(C)C2C)c(N)cc1F. The van der Waals surface area contributed by atoms with Gasteiger partial charge in [0.1, 0.15) is 0 Å². The van der Waals surface area contributed by atoms with Crippen molar-refractivity contribution in [1.29, 1.82) is 0 Å². The van der Waals surface area contributed by atoms with Gasteiger partial charge in [0.15, 0.2) is 11.6 Å². The zero-order chi connectivity index (χ0) is 13.3. The van der Waals surface area contributed by atoms with Gasteiger partial charge in [0.25, 0.3) is 0 Å². The lowest BCUT2D eigenvalue weighted by molar-refractivity contribution is 0.386. The minimum absolute atomic E-state index is 0.227. The molecule has 0 aliphatic heterocycles. The second kappa shape index (κ2) is 5.04. The van der Waals surface area contributed by atoms with Gasteiger partial charge in [-0.25, -0.2) is 4.39 Å². The molecule has 2 rings (SSSR count). The summed E-state index contributed by atoms with van der Waals surface area (Å²) >= 11 is 0. The molecule has 0 heterocycles. The van der Waals surface area contributed by atoms with Crippen LogP contribution in [0.4, 0.5) is 15.8 Å². The molecular weight excluding hydrogens is 231 g/mol. The molecule has 1 aromatic rings. The van der Waals surface area contributed by atoms with Gasteiger partial charge in [0, 0.05) is 18.2 Å². The summed E-state index contributed by atoms with van der Waals surface area (Å²) in [6.07, 6.45) is 2.35. The molecule has 100 valence electrons. The maximum atomic E-state index is 13.5. The van der Waals surface area contributed by atoms with E-state index in [1.165, 1.54) is 19.6 Å². The van der Waals surface area contributed by atoms with Crippen LogP contribution in [0.1, 0.15) is 26.7 Å². The van der Waals surface area contributed by atoms with Gasteiger partial charge in [-0.3, -0.25) is 0 Å². The highest BCUT2D eigenvalue weighted by molar-refractivity contribution is 5.69. The minimum Gasteiger partial charge on any atom is -0.494 e. The minimum atomic E-state index is -0.423. The molecule has 1 aliphatic carbocycles. The summed E-state index contributed by atoms with van der Waals surface area (Å²) in [5, 5.41) is 3.42. The third-order valence-electron chi connectivity index (χ3n) is 4.13. The van der Waals surface area contributed by atoms with Gasteiger partial charge in [0.2, 0.25) is 0 Å². The third-order valence-corrected chi connectivity index (χ3v) is 4.13. The van der Waals surface area contributed by atoms with Crippen LogP contribution in [0, 0.1) is 17.7 Å². The third kappa shape index (κ3) is 2.37. The van der Waals surface area contributed by atoms with E-state index in [0.29, 0.717) is 23.6 Å². The van der Waals surface area contributed by atoms with Crippen LogP contribution in [0.15, 0.2) is 12.1 Å². The maximum Gasteiger partial charge on any atom is 0.167 e. The average molecular weight is 252 g/mol. The van der Waals surface area contributed by atoms with Crippen LogP contribution < -0.4 is 15.8 Å². The summed E-state index contributed by atoms with van der Waals surface area (Å²) in [5.74, 6) is 1.12. The Morgan fingerprint density at radius 1 is 1.33 bits per heavy atom. The summed E-state index contributed by atoms with van der Waals surface area (Å²) in [5.41, 5.74) is 7.04. The first-order valence-electron chi connectivity index (χ1n) is 6.42. The smallest absolute Gasteiger partial charge is 0.167 e. The highest BCUT2D eigenvalue weighted by Gasteiger charge is 2.30. The Bertz CT molecular complexity index is 436. The van der Waals surface area contributed by atoms with Gasteiger partial charge >= 0.3 is 0 Å². The summed E-state index contributed by atoms with van der Waals surface area (Å²) < 4.78 is 18.4. The number of ether oxygens (including phenoxy) is 1. The molecule has 3 unspecified atom stereocenters. The van der Waals surface area contributed by atoms with Crippen molar-refractivity contribution in [2.75, 3.05) is 18.2 Å². The van der Waals surface area contributed by atoms with E-state index >= 15 is 0 Å². The van der Waals surface area contributed by atoms with E-state index in [1.54, 1.807) is 6.07 Å². The van der Waals surface area contributed by atoms with E-state index in [1.807, 2.05) is 0 Å². The number of benzene rings is 1. The van der Waals surface area contributed by atoms with Crippen LogP contribution in [0.25, 0.3) is 0 Å². The standard InChI is InChI=1S/C14H21FN2O/c1-8-4-5-12(9(8)2)17-13-7-14(18-3)10(15)6-11(13)16/h6-9,12,17H,4-5,16H2,1-3H3. The average Bonchev–Trinajstić information content (AvgIpc) is 2.64. The van der Waals surface area contributed by atoms with E-state index < -0.39 is 5.82 Å². The molecule has 0 saturated heterocycles. The molecule has 18 heavy (non-hydrogen) atoms. The topological polar surface area (TPSA) is 47.3 Å². The summed E-state index contributed by atoms with van der Waals surface area (Å²) in [6, 6.07) is 3.35. The molecular formula is C14H21FN2O. The van der Waals surface area contributed by atoms with Crippen molar-refractivity contribution in [2.45, 2.75) is 32.7 Å². The predicted molar refractivity (Wildman–Crippen MR) is 72.3 cm³/mol. The highest BCUT2D eigenvalue weighted by Crippen LogP contribution is 2.36. The molecule has 0 spiro atoms. The van der Waals surface area contributed by atoms with Crippen LogP contribution in [-0.4, -0.2) is 13.2 Å². The quantitative estimate of drug-likeness (QED) is 0.812. The fourth-order valence-electron chi connectivity index (χ4n) is 2.62. The van der Waals surface area contributed by atoms with Gasteiger partial charge < -0.3 is 15.8 Å².